The molecule has 0 radical (unpaired) electrons. The zero-order valence-electron chi connectivity index (χ0n) is 20.2. The molecule has 3 aromatic carbocycles. The third-order valence-electron chi connectivity index (χ3n) is 5.82. The highest BCUT2D eigenvalue weighted by atomic mass is 35.5. The maximum atomic E-state index is 13.0. The molecule has 0 spiro atoms. The van der Waals surface area contributed by atoms with Gasteiger partial charge in [-0.3, -0.25) is 9.59 Å². The van der Waals surface area contributed by atoms with E-state index in [2.05, 4.69) is 0 Å². The van der Waals surface area contributed by atoms with Crippen molar-refractivity contribution in [2.45, 2.75) is 26.7 Å². The van der Waals surface area contributed by atoms with Gasteiger partial charge in [0.2, 0.25) is 5.43 Å². The first kappa shape index (κ1) is 25.1. The Kier molecular flexibility index (Phi) is 7.80. The van der Waals surface area contributed by atoms with Crippen molar-refractivity contribution in [1.29, 1.82) is 0 Å². The summed E-state index contributed by atoms with van der Waals surface area (Å²) in [5, 5.41) is 0.311. The normalized spacial score (nSPS) is 10.8. The van der Waals surface area contributed by atoms with Crippen LogP contribution in [0.1, 0.15) is 28.4 Å². The number of hydrogen-bond acceptors (Lipinski definition) is 6. The van der Waals surface area contributed by atoms with Gasteiger partial charge in [-0.05, 0) is 42.3 Å². The second kappa shape index (κ2) is 11.2. The number of aromatic nitrogens is 1. The molecule has 0 unspecified atom stereocenters. The van der Waals surface area contributed by atoms with Crippen molar-refractivity contribution >= 4 is 28.8 Å². The number of aryl methyl sites for hydroxylation is 1. The quantitative estimate of drug-likeness (QED) is 0.258. The zero-order valence-corrected chi connectivity index (χ0v) is 21.0. The summed E-state index contributed by atoms with van der Waals surface area (Å²) in [5.41, 5.74) is 1.92. The molecule has 0 bridgehead atoms. The van der Waals surface area contributed by atoms with Crippen LogP contribution in [-0.4, -0.2) is 25.1 Å². The van der Waals surface area contributed by atoms with Gasteiger partial charge in [-0.15, -0.1) is 0 Å². The average Bonchev–Trinajstić information content (AvgIpc) is 2.92. The summed E-state index contributed by atoms with van der Waals surface area (Å²) in [6.45, 7) is 2.87. The van der Waals surface area contributed by atoms with Crippen LogP contribution in [0.5, 0.6) is 23.0 Å². The molecule has 186 valence electrons. The molecule has 0 atom stereocenters. The van der Waals surface area contributed by atoms with Crippen molar-refractivity contribution in [1.82, 2.24) is 4.57 Å². The van der Waals surface area contributed by atoms with E-state index in [-0.39, 0.29) is 34.9 Å². The van der Waals surface area contributed by atoms with Crippen LogP contribution >= 0.6 is 11.6 Å². The lowest BCUT2D eigenvalue weighted by molar-refractivity contribution is 0.112. The lowest BCUT2D eigenvalue weighted by Gasteiger charge is -2.18. The maximum Gasteiger partial charge on any atom is 0.201 e. The minimum atomic E-state index is -0.453. The minimum absolute atomic E-state index is 0.0271. The molecule has 7 nitrogen and oxygen atoms in total. The van der Waals surface area contributed by atoms with Crippen LogP contribution in [0.4, 0.5) is 0 Å². The SMILES string of the molecule is CCn1cc(C=O)c(=O)c2c(Cl)c(OCc3ccc(OC)cc3)c(OCc3ccc(OC)cc3)cc21. The third kappa shape index (κ3) is 5.16. The highest BCUT2D eigenvalue weighted by molar-refractivity contribution is 6.37. The first-order valence-corrected chi connectivity index (χ1v) is 11.7. The van der Waals surface area contributed by atoms with E-state index in [1.54, 1.807) is 24.9 Å². The molecule has 4 rings (SSSR count). The fourth-order valence-electron chi connectivity index (χ4n) is 3.83. The number of aldehydes is 1. The van der Waals surface area contributed by atoms with Crippen LogP contribution in [0.2, 0.25) is 5.02 Å². The molecule has 0 fully saturated rings. The van der Waals surface area contributed by atoms with Crippen molar-refractivity contribution in [3.8, 4) is 23.0 Å². The molecule has 1 heterocycles. The van der Waals surface area contributed by atoms with E-state index in [1.807, 2.05) is 55.5 Å². The topological polar surface area (TPSA) is 76.0 Å². The summed E-state index contributed by atoms with van der Waals surface area (Å²) in [4.78, 5) is 24.6. The Hall–Kier alpha value is -3.97. The molecule has 0 aliphatic heterocycles. The smallest absolute Gasteiger partial charge is 0.201 e. The van der Waals surface area contributed by atoms with Crippen LogP contribution in [0.25, 0.3) is 10.9 Å². The molecular weight excluding hydrogens is 482 g/mol. The fourth-order valence-corrected chi connectivity index (χ4v) is 4.16. The Morgan fingerprint density at radius 3 is 1.94 bits per heavy atom. The highest BCUT2D eigenvalue weighted by Crippen LogP contribution is 2.41. The lowest BCUT2D eigenvalue weighted by Crippen LogP contribution is -2.15. The van der Waals surface area contributed by atoms with Gasteiger partial charge in [0.25, 0.3) is 0 Å². The molecule has 0 saturated heterocycles. The van der Waals surface area contributed by atoms with Crippen molar-refractivity contribution in [2.75, 3.05) is 14.2 Å². The van der Waals surface area contributed by atoms with Crippen LogP contribution in [-0.2, 0) is 19.8 Å². The number of nitrogens with zero attached hydrogens (tertiary/aromatic N) is 1. The van der Waals surface area contributed by atoms with Crippen molar-refractivity contribution in [2.24, 2.45) is 0 Å². The number of halogens is 1. The first-order chi connectivity index (χ1) is 17.5. The standard InChI is InChI=1S/C28H26ClNO6/c1-4-30-14-20(15-31)27(32)25-23(30)13-24(35-16-18-5-9-21(33-2)10-6-18)28(26(25)29)36-17-19-7-11-22(34-3)12-8-19/h5-15H,4,16-17H2,1-3H3. The predicted molar refractivity (Wildman–Crippen MR) is 139 cm³/mol. The van der Waals surface area contributed by atoms with E-state index in [4.69, 9.17) is 30.5 Å². The predicted octanol–water partition coefficient (Wildman–Crippen LogP) is 5.66. The number of carbonyl (C=O) groups excluding carboxylic acids is 1. The largest absolute Gasteiger partial charge is 0.497 e. The Morgan fingerprint density at radius 1 is 0.889 bits per heavy atom. The van der Waals surface area contributed by atoms with E-state index in [0.29, 0.717) is 24.1 Å². The number of methoxy groups -OCH3 is 2. The van der Waals surface area contributed by atoms with Crippen LogP contribution < -0.4 is 24.4 Å². The monoisotopic (exact) mass is 507 g/mol. The first-order valence-electron chi connectivity index (χ1n) is 11.3. The highest BCUT2D eigenvalue weighted by Gasteiger charge is 2.21. The Labute approximate surface area is 213 Å². The molecule has 0 amide bonds. The molecule has 0 saturated carbocycles. The third-order valence-corrected chi connectivity index (χ3v) is 6.18. The number of rotatable bonds is 10. The maximum absolute atomic E-state index is 13.0. The van der Waals surface area contributed by atoms with E-state index < -0.39 is 5.43 Å². The average molecular weight is 508 g/mol. The van der Waals surface area contributed by atoms with Gasteiger partial charge in [-0.1, -0.05) is 35.9 Å². The summed E-state index contributed by atoms with van der Waals surface area (Å²) in [6.07, 6.45) is 2.06. The van der Waals surface area contributed by atoms with E-state index >= 15 is 0 Å². The summed E-state index contributed by atoms with van der Waals surface area (Å²) < 4.78 is 24.5. The molecule has 1 aromatic heterocycles. The molecule has 36 heavy (non-hydrogen) atoms. The van der Waals surface area contributed by atoms with Gasteiger partial charge >= 0.3 is 0 Å². The number of benzene rings is 3. The van der Waals surface area contributed by atoms with Crippen molar-refractivity contribution in [3.63, 3.8) is 0 Å². The van der Waals surface area contributed by atoms with Gasteiger partial charge in [-0.25, -0.2) is 0 Å². The second-order valence-corrected chi connectivity index (χ2v) is 8.38. The summed E-state index contributed by atoms with van der Waals surface area (Å²) in [5.74, 6) is 2.09. The van der Waals surface area contributed by atoms with Crippen molar-refractivity contribution < 1.29 is 23.7 Å². The summed E-state index contributed by atoms with van der Waals surface area (Å²) in [7, 11) is 3.21. The molecule has 0 aliphatic carbocycles. The fraction of sp³-hybridized carbons (Fsp3) is 0.214. The molecular formula is C28H26ClNO6. The Morgan fingerprint density at radius 2 is 1.44 bits per heavy atom. The minimum Gasteiger partial charge on any atom is -0.497 e. The number of pyridine rings is 1. The summed E-state index contributed by atoms with van der Waals surface area (Å²) in [6, 6.07) is 16.6. The van der Waals surface area contributed by atoms with E-state index in [9.17, 15) is 9.59 Å². The van der Waals surface area contributed by atoms with E-state index in [1.165, 1.54) is 6.20 Å². The van der Waals surface area contributed by atoms with Gasteiger partial charge in [0.15, 0.2) is 17.8 Å². The lowest BCUT2D eigenvalue weighted by atomic mass is 10.1. The van der Waals surface area contributed by atoms with Crippen LogP contribution in [0.15, 0.2) is 65.6 Å². The number of carbonyl (C=O) groups is 1. The van der Waals surface area contributed by atoms with Gasteiger partial charge in [0, 0.05) is 18.8 Å². The molecule has 0 aliphatic rings. The Balaban J connectivity index is 1.77. The van der Waals surface area contributed by atoms with Crippen LogP contribution in [0.3, 0.4) is 0 Å². The number of fused-ring (bicyclic) bond motifs is 1. The number of hydrogen-bond donors (Lipinski definition) is 0. The van der Waals surface area contributed by atoms with E-state index in [0.717, 1.165) is 22.6 Å². The zero-order chi connectivity index (χ0) is 25.7. The van der Waals surface area contributed by atoms with Crippen molar-refractivity contribution in [3.05, 3.63) is 92.7 Å². The van der Waals surface area contributed by atoms with Gasteiger partial charge in [0.05, 0.1) is 35.7 Å². The number of ether oxygens (including phenoxy) is 4. The van der Waals surface area contributed by atoms with Gasteiger partial charge in [0.1, 0.15) is 24.7 Å². The molecule has 4 aromatic rings. The Bertz CT molecular complexity index is 1430. The summed E-state index contributed by atoms with van der Waals surface area (Å²) >= 11 is 6.77. The second-order valence-electron chi connectivity index (χ2n) is 8.00. The molecule has 0 N–H and O–H groups in total. The van der Waals surface area contributed by atoms with Gasteiger partial charge in [-0.2, -0.15) is 0 Å². The van der Waals surface area contributed by atoms with Gasteiger partial charge < -0.3 is 23.5 Å². The molecule has 8 heteroatoms. The van der Waals surface area contributed by atoms with Crippen LogP contribution in [0, 0.1) is 0 Å².